The van der Waals surface area contributed by atoms with Crippen LogP contribution in [0, 0.1) is 0 Å². The van der Waals surface area contributed by atoms with Crippen LogP contribution in [0.4, 0.5) is 5.69 Å². The van der Waals surface area contributed by atoms with Gasteiger partial charge in [0.05, 0.1) is 12.8 Å². The second-order valence-corrected chi connectivity index (χ2v) is 3.94. The van der Waals surface area contributed by atoms with Crippen molar-refractivity contribution in [2.45, 2.75) is 25.8 Å². The van der Waals surface area contributed by atoms with E-state index in [0.29, 0.717) is 6.54 Å². The first-order valence-electron chi connectivity index (χ1n) is 5.26. The molecule has 0 amide bonds. The summed E-state index contributed by atoms with van der Waals surface area (Å²) >= 11 is 0. The third kappa shape index (κ3) is 2.86. The standard InChI is InChI=1S/C12H20N2O/c1-4-12(2,9-13)14-10-7-5-6-8-11(10)15-3/h5-8,14H,4,9,13H2,1-3H3. The quantitative estimate of drug-likeness (QED) is 0.780. The Morgan fingerprint density at radius 3 is 2.60 bits per heavy atom. The fourth-order valence-corrected chi connectivity index (χ4v) is 1.36. The molecule has 1 rings (SSSR count). The van der Waals surface area contributed by atoms with Gasteiger partial charge in [-0.3, -0.25) is 0 Å². The maximum absolute atomic E-state index is 5.75. The lowest BCUT2D eigenvalue weighted by molar-refractivity contribution is 0.413. The molecule has 3 N–H and O–H groups in total. The number of ether oxygens (including phenoxy) is 1. The molecule has 0 radical (unpaired) electrons. The van der Waals surface area contributed by atoms with Gasteiger partial charge < -0.3 is 15.8 Å². The van der Waals surface area contributed by atoms with E-state index in [1.54, 1.807) is 7.11 Å². The lowest BCUT2D eigenvalue weighted by Gasteiger charge is -2.30. The summed E-state index contributed by atoms with van der Waals surface area (Å²) in [4.78, 5) is 0. The van der Waals surface area contributed by atoms with E-state index >= 15 is 0 Å². The van der Waals surface area contributed by atoms with E-state index in [0.717, 1.165) is 17.9 Å². The maximum atomic E-state index is 5.75. The van der Waals surface area contributed by atoms with E-state index in [-0.39, 0.29) is 5.54 Å². The fourth-order valence-electron chi connectivity index (χ4n) is 1.36. The van der Waals surface area contributed by atoms with Crippen molar-refractivity contribution in [1.82, 2.24) is 0 Å². The van der Waals surface area contributed by atoms with Gasteiger partial charge in [0.2, 0.25) is 0 Å². The van der Waals surface area contributed by atoms with Gasteiger partial charge in [-0.2, -0.15) is 0 Å². The minimum atomic E-state index is -0.0748. The molecule has 0 aliphatic carbocycles. The summed E-state index contributed by atoms with van der Waals surface area (Å²) in [6, 6.07) is 7.88. The molecule has 0 heterocycles. The highest BCUT2D eigenvalue weighted by Crippen LogP contribution is 2.27. The molecule has 0 bridgehead atoms. The zero-order valence-electron chi connectivity index (χ0n) is 9.71. The summed E-state index contributed by atoms with van der Waals surface area (Å²) in [6.07, 6.45) is 0.974. The molecule has 84 valence electrons. The van der Waals surface area contributed by atoms with E-state index in [2.05, 4.69) is 19.2 Å². The van der Waals surface area contributed by atoms with Gasteiger partial charge in [-0.1, -0.05) is 19.1 Å². The average molecular weight is 208 g/mol. The number of nitrogens with one attached hydrogen (secondary N) is 1. The molecule has 0 saturated carbocycles. The van der Waals surface area contributed by atoms with Gasteiger partial charge >= 0.3 is 0 Å². The van der Waals surface area contributed by atoms with Crippen molar-refractivity contribution in [3.63, 3.8) is 0 Å². The molecule has 0 fully saturated rings. The summed E-state index contributed by atoms with van der Waals surface area (Å²) in [5.41, 5.74) is 6.67. The molecule has 1 unspecified atom stereocenters. The maximum Gasteiger partial charge on any atom is 0.141 e. The van der Waals surface area contributed by atoms with Crippen LogP contribution >= 0.6 is 0 Å². The van der Waals surface area contributed by atoms with Gasteiger partial charge in [-0.15, -0.1) is 0 Å². The number of para-hydroxylation sites is 2. The molecule has 1 atom stereocenters. The molecular formula is C12H20N2O. The first-order valence-corrected chi connectivity index (χ1v) is 5.26. The van der Waals surface area contributed by atoms with Crippen molar-refractivity contribution in [3.8, 4) is 5.75 Å². The van der Waals surface area contributed by atoms with E-state index in [1.165, 1.54) is 0 Å². The van der Waals surface area contributed by atoms with Crippen LogP contribution in [-0.4, -0.2) is 19.2 Å². The molecule has 0 spiro atoms. The van der Waals surface area contributed by atoms with Crippen molar-refractivity contribution in [3.05, 3.63) is 24.3 Å². The Hall–Kier alpha value is -1.22. The molecular weight excluding hydrogens is 188 g/mol. The Morgan fingerprint density at radius 1 is 1.40 bits per heavy atom. The Kier molecular flexibility index (Phi) is 3.97. The predicted octanol–water partition coefficient (Wildman–Crippen LogP) is 2.23. The van der Waals surface area contributed by atoms with Crippen LogP contribution in [0.1, 0.15) is 20.3 Å². The van der Waals surface area contributed by atoms with Crippen molar-refractivity contribution in [1.29, 1.82) is 0 Å². The van der Waals surface area contributed by atoms with Crippen LogP contribution in [0.5, 0.6) is 5.75 Å². The minimum Gasteiger partial charge on any atom is -0.495 e. The van der Waals surface area contributed by atoms with Gasteiger partial charge in [0.1, 0.15) is 5.75 Å². The Bertz CT molecular complexity index is 308. The number of hydrogen-bond acceptors (Lipinski definition) is 3. The molecule has 1 aromatic carbocycles. The molecule has 0 aliphatic rings. The van der Waals surface area contributed by atoms with Gasteiger partial charge in [-0.25, -0.2) is 0 Å². The predicted molar refractivity (Wildman–Crippen MR) is 64.4 cm³/mol. The number of nitrogens with two attached hydrogens (primary N) is 1. The number of rotatable bonds is 5. The number of anilines is 1. The highest BCUT2D eigenvalue weighted by molar-refractivity contribution is 5.57. The van der Waals surface area contributed by atoms with Crippen molar-refractivity contribution >= 4 is 5.69 Å². The number of benzene rings is 1. The lowest BCUT2D eigenvalue weighted by Crippen LogP contribution is -2.41. The second kappa shape index (κ2) is 5.03. The van der Waals surface area contributed by atoms with Crippen LogP contribution in [0.25, 0.3) is 0 Å². The average Bonchev–Trinajstić information content (AvgIpc) is 2.29. The van der Waals surface area contributed by atoms with Gasteiger partial charge in [0, 0.05) is 12.1 Å². The SMILES string of the molecule is CCC(C)(CN)Nc1ccccc1OC. The van der Waals surface area contributed by atoms with Crippen molar-refractivity contribution in [2.24, 2.45) is 5.73 Å². The first kappa shape index (κ1) is 11.9. The Balaban J connectivity index is 2.87. The van der Waals surface area contributed by atoms with E-state index in [4.69, 9.17) is 10.5 Å². The molecule has 0 aliphatic heterocycles. The molecule has 15 heavy (non-hydrogen) atoms. The summed E-state index contributed by atoms with van der Waals surface area (Å²) in [5, 5.41) is 3.42. The normalized spacial score (nSPS) is 14.4. The van der Waals surface area contributed by atoms with Crippen molar-refractivity contribution in [2.75, 3.05) is 19.0 Å². The number of methoxy groups -OCH3 is 1. The summed E-state index contributed by atoms with van der Waals surface area (Å²) in [5.74, 6) is 0.852. The van der Waals surface area contributed by atoms with Crippen molar-refractivity contribution < 1.29 is 4.74 Å². The third-order valence-electron chi connectivity index (χ3n) is 2.77. The lowest BCUT2D eigenvalue weighted by atomic mass is 9.98. The monoisotopic (exact) mass is 208 g/mol. The highest BCUT2D eigenvalue weighted by Gasteiger charge is 2.20. The minimum absolute atomic E-state index is 0.0748. The van der Waals surface area contributed by atoms with Gasteiger partial charge in [0.15, 0.2) is 0 Å². The van der Waals surface area contributed by atoms with Gasteiger partial charge in [-0.05, 0) is 25.5 Å². The molecule has 3 nitrogen and oxygen atoms in total. The van der Waals surface area contributed by atoms with Crippen LogP contribution in [-0.2, 0) is 0 Å². The Labute approximate surface area is 91.6 Å². The van der Waals surface area contributed by atoms with Gasteiger partial charge in [0.25, 0.3) is 0 Å². The smallest absolute Gasteiger partial charge is 0.141 e. The van der Waals surface area contributed by atoms with Crippen LogP contribution in [0.3, 0.4) is 0 Å². The zero-order chi connectivity index (χ0) is 11.3. The first-order chi connectivity index (χ1) is 7.15. The van der Waals surface area contributed by atoms with E-state index in [9.17, 15) is 0 Å². The molecule has 3 heteroatoms. The third-order valence-corrected chi connectivity index (χ3v) is 2.77. The fraction of sp³-hybridized carbons (Fsp3) is 0.500. The largest absolute Gasteiger partial charge is 0.495 e. The zero-order valence-corrected chi connectivity index (χ0v) is 9.71. The van der Waals surface area contributed by atoms with E-state index < -0.39 is 0 Å². The summed E-state index contributed by atoms with van der Waals surface area (Å²) < 4.78 is 5.28. The number of hydrogen-bond donors (Lipinski definition) is 2. The van der Waals surface area contributed by atoms with E-state index in [1.807, 2.05) is 24.3 Å². The molecule has 0 aromatic heterocycles. The topological polar surface area (TPSA) is 47.3 Å². The summed E-state index contributed by atoms with van der Waals surface area (Å²) in [7, 11) is 1.67. The molecule has 1 aromatic rings. The second-order valence-electron chi connectivity index (χ2n) is 3.94. The van der Waals surface area contributed by atoms with Crippen LogP contribution in [0.15, 0.2) is 24.3 Å². The van der Waals surface area contributed by atoms with Crippen LogP contribution in [0.2, 0.25) is 0 Å². The summed E-state index contributed by atoms with van der Waals surface area (Å²) in [6.45, 7) is 4.83. The Morgan fingerprint density at radius 2 is 2.07 bits per heavy atom. The van der Waals surface area contributed by atoms with Crippen LogP contribution < -0.4 is 15.8 Å². The highest BCUT2D eigenvalue weighted by atomic mass is 16.5. The molecule has 0 saturated heterocycles.